The van der Waals surface area contributed by atoms with E-state index in [-0.39, 0.29) is 18.6 Å². The van der Waals surface area contributed by atoms with Crippen molar-refractivity contribution in [1.82, 2.24) is 9.55 Å². The van der Waals surface area contributed by atoms with E-state index in [2.05, 4.69) is 11.9 Å². The Hall–Kier alpha value is -1.25. The quantitative estimate of drug-likeness (QED) is 0.571. The van der Waals surface area contributed by atoms with Crippen molar-refractivity contribution in [2.24, 2.45) is 0 Å². The van der Waals surface area contributed by atoms with Crippen LogP contribution in [0.2, 0.25) is 0 Å². The summed E-state index contributed by atoms with van der Waals surface area (Å²) >= 11 is 0. The molecule has 3 heterocycles. The smallest absolute Gasteiger partial charge is 0.349 e. The number of aromatic nitrogens is 2. The highest BCUT2D eigenvalue weighted by Crippen LogP contribution is 2.52. The average molecular weight is 374 g/mol. The molecule has 2 saturated heterocycles. The fraction of sp³-hybridized carbons (Fsp3) is 0.733. The summed E-state index contributed by atoms with van der Waals surface area (Å²) in [5.74, 6) is 0. The van der Waals surface area contributed by atoms with Crippen LogP contribution in [0.1, 0.15) is 50.8 Å². The molecular formula is C15H23N2O7P. The van der Waals surface area contributed by atoms with Crippen molar-refractivity contribution in [1.29, 1.82) is 0 Å². The van der Waals surface area contributed by atoms with Crippen LogP contribution in [0, 0.1) is 0 Å². The second-order valence-corrected chi connectivity index (χ2v) is 7.81. The van der Waals surface area contributed by atoms with E-state index in [1.54, 1.807) is 0 Å². The van der Waals surface area contributed by atoms with E-state index in [4.69, 9.17) is 13.8 Å². The number of H-pyrrole nitrogens is 1. The minimum absolute atomic E-state index is 0.0725. The first-order valence-electron chi connectivity index (χ1n) is 8.55. The van der Waals surface area contributed by atoms with E-state index in [9.17, 15) is 19.0 Å². The standard InChI is InChI=1S/C15H23N2O7P/c1-2-3-4-5-6-10-8-17(15(19)16-14(10)18)13-7-11-12(23-13)9-22-25(20,21)24-11/h8,11-13H,2-7,9H2,1H3,(H,20,21)(H,16,18,19)/t11?,12?,13-/m1/s1. The van der Waals surface area contributed by atoms with Crippen molar-refractivity contribution in [2.45, 2.75) is 63.9 Å². The molecule has 140 valence electrons. The number of nitrogens with one attached hydrogen (secondary N) is 1. The Morgan fingerprint density at radius 2 is 2.12 bits per heavy atom. The lowest BCUT2D eigenvalue weighted by Crippen LogP contribution is -2.34. The summed E-state index contributed by atoms with van der Waals surface area (Å²) < 4.78 is 28.3. The molecule has 0 saturated carbocycles. The van der Waals surface area contributed by atoms with Crippen molar-refractivity contribution < 1.29 is 23.2 Å². The van der Waals surface area contributed by atoms with Gasteiger partial charge in [-0.05, 0) is 12.8 Å². The molecule has 0 bridgehead atoms. The molecule has 25 heavy (non-hydrogen) atoms. The minimum atomic E-state index is -4.05. The molecule has 3 rings (SSSR count). The molecule has 10 heteroatoms. The SMILES string of the molecule is CCCCCCc1cn([C@H]2CC3OP(=O)(O)OCC3O2)c(=O)[nH]c1=O. The number of hydrogen-bond acceptors (Lipinski definition) is 6. The molecule has 1 aromatic heterocycles. The summed E-state index contributed by atoms with van der Waals surface area (Å²) in [4.78, 5) is 35.8. The lowest BCUT2D eigenvalue weighted by atomic mass is 10.1. The van der Waals surface area contributed by atoms with Crippen LogP contribution in [-0.2, 0) is 24.8 Å². The van der Waals surface area contributed by atoms with Gasteiger partial charge in [0.2, 0.25) is 0 Å². The van der Waals surface area contributed by atoms with Gasteiger partial charge in [0, 0.05) is 18.2 Å². The first-order valence-corrected chi connectivity index (χ1v) is 10.0. The average Bonchev–Trinajstić information content (AvgIpc) is 2.94. The van der Waals surface area contributed by atoms with Gasteiger partial charge in [0.05, 0.1) is 6.61 Å². The molecule has 0 aromatic carbocycles. The molecule has 0 spiro atoms. The second kappa shape index (κ2) is 7.55. The number of aromatic amines is 1. The van der Waals surface area contributed by atoms with Gasteiger partial charge >= 0.3 is 13.5 Å². The summed E-state index contributed by atoms with van der Waals surface area (Å²) in [7, 11) is -4.05. The third-order valence-corrected chi connectivity index (χ3v) is 5.52. The van der Waals surface area contributed by atoms with Crippen LogP contribution in [-0.4, -0.2) is 33.3 Å². The van der Waals surface area contributed by atoms with Crippen LogP contribution in [0.4, 0.5) is 0 Å². The van der Waals surface area contributed by atoms with Gasteiger partial charge in [0.1, 0.15) is 18.4 Å². The molecule has 3 unspecified atom stereocenters. The van der Waals surface area contributed by atoms with Crippen LogP contribution in [0.3, 0.4) is 0 Å². The molecule has 2 N–H and O–H groups in total. The van der Waals surface area contributed by atoms with Gasteiger partial charge < -0.3 is 9.63 Å². The monoisotopic (exact) mass is 374 g/mol. The van der Waals surface area contributed by atoms with Gasteiger partial charge in [0.25, 0.3) is 5.56 Å². The summed E-state index contributed by atoms with van der Waals surface area (Å²) in [5.41, 5.74) is -0.425. The molecule has 2 aliphatic rings. The number of ether oxygens (including phenoxy) is 1. The number of nitrogens with zero attached hydrogens (tertiary/aromatic N) is 1. The van der Waals surface area contributed by atoms with Gasteiger partial charge in [-0.25, -0.2) is 9.36 Å². The van der Waals surface area contributed by atoms with Crippen molar-refractivity contribution in [3.63, 3.8) is 0 Å². The van der Waals surface area contributed by atoms with Crippen molar-refractivity contribution in [3.8, 4) is 0 Å². The van der Waals surface area contributed by atoms with Crippen molar-refractivity contribution >= 4 is 7.82 Å². The normalized spacial score (nSPS) is 31.8. The molecule has 0 aliphatic carbocycles. The molecule has 4 atom stereocenters. The Labute approximate surface area is 144 Å². The van der Waals surface area contributed by atoms with Crippen LogP contribution in [0.5, 0.6) is 0 Å². The second-order valence-electron chi connectivity index (χ2n) is 6.40. The number of hydrogen-bond donors (Lipinski definition) is 2. The predicted molar refractivity (Wildman–Crippen MR) is 88.3 cm³/mol. The molecule has 1 aromatic rings. The maximum atomic E-state index is 12.1. The molecule has 2 aliphatic heterocycles. The van der Waals surface area contributed by atoms with E-state index in [1.807, 2.05) is 0 Å². The molecule has 2 fully saturated rings. The number of aryl methyl sites for hydroxylation is 1. The van der Waals surface area contributed by atoms with Crippen LogP contribution in [0.15, 0.2) is 15.8 Å². The number of phosphoric ester groups is 1. The Balaban J connectivity index is 1.75. The highest BCUT2D eigenvalue weighted by molar-refractivity contribution is 7.47. The Morgan fingerprint density at radius 3 is 2.88 bits per heavy atom. The first-order chi connectivity index (χ1) is 11.9. The van der Waals surface area contributed by atoms with Crippen molar-refractivity contribution in [2.75, 3.05) is 6.61 Å². The van der Waals surface area contributed by atoms with Gasteiger partial charge in [-0.1, -0.05) is 26.2 Å². The van der Waals surface area contributed by atoms with Gasteiger partial charge in [-0.3, -0.25) is 23.4 Å². The third-order valence-electron chi connectivity index (χ3n) is 4.50. The van der Waals surface area contributed by atoms with Crippen LogP contribution >= 0.6 is 7.82 Å². The predicted octanol–water partition coefficient (Wildman–Crippen LogP) is 1.46. The van der Waals surface area contributed by atoms with Gasteiger partial charge in [-0.2, -0.15) is 0 Å². The van der Waals surface area contributed by atoms with Gasteiger partial charge in [-0.15, -0.1) is 0 Å². The summed E-state index contributed by atoms with van der Waals surface area (Å²) in [5, 5.41) is 0. The zero-order chi connectivity index (χ0) is 18.0. The fourth-order valence-corrected chi connectivity index (χ4v) is 4.12. The van der Waals surface area contributed by atoms with Crippen molar-refractivity contribution in [3.05, 3.63) is 32.6 Å². The maximum absolute atomic E-state index is 12.1. The topological polar surface area (TPSA) is 120 Å². The summed E-state index contributed by atoms with van der Waals surface area (Å²) in [6.45, 7) is 2.04. The molecule has 9 nitrogen and oxygen atoms in total. The van der Waals surface area contributed by atoms with Gasteiger partial charge in [0.15, 0.2) is 0 Å². The number of fused-ring (bicyclic) bond motifs is 1. The Bertz CT molecular complexity index is 774. The van der Waals surface area contributed by atoms with E-state index in [0.29, 0.717) is 12.0 Å². The van der Waals surface area contributed by atoms with Crippen LogP contribution in [0.25, 0.3) is 0 Å². The number of phosphoric acid groups is 1. The highest BCUT2D eigenvalue weighted by atomic mass is 31.2. The first kappa shape index (κ1) is 18.5. The zero-order valence-corrected chi connectivity index (χ0v) is 14.9. The maximum Gasteiger partial charge on any atom is 0.472 e. The summed E-state index contributed by atoms with van der Waals surface area (Å²) in [6.07, 6.45) is 4.63. The molecule has 0 radical (unpaired) electrons. The number of unbranched alkanes of at least 4 members (excludes halogenated alkanes) is 3. The largest absolute Gasteiger partial charge is 0.472 e. The molecular weight excluding hydrogens is 351 g/mol. The van der Waals surface area contributed by atoms with Crippen LogP contribution < -0.4 is 11.2 Å². The minimum Gasteiger partial charge on any atom is -0.349 e. The zero-order valence-electron chi connectivity index (χ0n) is 14.1. The fourth-order valence-electron chi connectivity index (χ4n) is 3.16. The lowest BCUT2D eigenvalue weighted by Gasteiger charge is -2.26. The van der Waals surface area contributed by atoms with E-state index in [1.165, 1.54) is 10.8 Å². The molecule has 0 amide bonds. The Kier molecular flexibility index (Phi) is 5.60. The highest BCUT2D eigenvalue weighted by Gasteiger charge is 2.46. The van der Waals surface area contributed by atoms with E-state index >= 15 is 0 Å². The van der Waals surface area contributed by atoms with E-state index < -0.39 is 31.9 Å². The summed E-state index contributed by atoms with van der Waals surface area (Å²) in [6, 6.07) is 0. The Morgan fingerprint density at radius 1 is 1.32 bits per heavy atom. The lowest BCUT2D eigenvalue weighted by molar-refractivity contribution is -0.0680. The van der Waals surface area contributed by atoms with E-state index in [0.717, 1.165) is 25.7 Å². The third kappa shape index (κ3) is 4.30. The number of rotatable bonds is 6.